The lowest BCUT2D eigenvalue weighted by Crippen LogP contribution is -2.33. The Morgan fingerprint density at radius 3 is 2.41 bits per heavy atom. The quantitative estimate of drug-likeness (QED) is 0.666. The molecule has 0 heterocycles. The number of rotatable bonds is 1. The second-order valence-corrected chi connectivity index (χ2v) is 4.09. The van der Waals surface area contributed by atoms with Crippen molar-refractivity contribution in [2.45, 2.75) is 26.4 Å². The summed E-state index contributed by atoms with van der Waals surface area (Å²) >= 11 is 0. The Bertz CT molecular complexity index is 459. The predicted octanol–water partition coefficient (Wildman–Crippen LogP) is 1.13. The molecule has 0 spiro atoms. The molecule has 1 aliphatic rings. The number of allylic oxidation sites excluding steroid dienone is 3. The van der Waals surface area contributed by atoms with Gasteiger partial charge in [-0.2, -0.15) is 0 Å². The van der Waals surface area contributed by atoms with Gasteiger partial charge >= 0.3 is 0 Å². The van der Waals surface area contributed by atoms with Crippen LogP contribution in [0.4, 0.5) is 0 Å². The van der Waals surface area contributed by atoms with E-state index in [0.29, 0.717) is 16.7 Å². The first-order valence-corrected chi connectivity index (χ1v) is 5.35. The van der Waals surface area contributed by atoms with E-state index in [-0.39, 0.29) is 12.4 Å². The van der Waals surface area contributed by atoms with Crippen LogP contribution in [0.25, 0.3) is 0 Å². The number of ketones is 1. The smallest absolute Gasteiger partial charge is 0.178 e. The van der Waals surface area contributed by atoms with Crippen molar-refractivity contribution < 1.29 is 15.0 Å². The van der Waals surface area contributed by atoms with E-state index in [1.165, 1.54) is 12.2 Å². The van der Waals surface area contributed by atoms with Crippen LogP contribution in [0.2, 0.25) is 0 Å². The van der Waals surface area contributed by atoms with Crippen LogP contribution < -0.4 is 0 Å². The molecule has 0 fully saturated rings. The first kappa shape index (κ1) is 13.4. The lowest BCUT2D eigenvalue weighted by atomic mass is 9.83. The molecule has 0 atom stereocenters. The minimum absolute atomic E-state index is 0.0823. The zero-order valence-electron chi connectivity index (χ0n) is 10.2. The lowest BCUT2D eigenvalue weighted by molar-refractivity contribution is -0.110. The molecule has 0 amide bonds. The molecule has 1 aliphatic carbocycles. The SMILES string of the molecule is CC1=CC(=O)C=C(C)C1(O)C#C/C(C)=C\CO. The maximum Gasteiger partial charge on any atom is 0.178 e. The fourth-order valence-electron chi connectivity index (χ4n) is 1.56. The van der Waals surface area contributed by atoms with E-state index in [2.05, 4.69) is 11.8 Å². The second-order valence-electron chi connectivity index (χ2n) is 4.09. The van der Waals surface area contributed by atoms with Crippen molar-refractivity contribution in [3.63, 3.8) is 0 Å². The number of aliphatic hydroxyl groups excluding tert-OH is 1. The third-order valence-electron chi connectivity index (χ3n) is 2.70. The molecule has 17 heavy (non-hydrogen) atoms. The van der Waals surface area contributed by atoms with Crippen molar-refractivity contribution in [2.75, 3.05) is 6.61 Å². The Hall–Kier alpha value is -1.63. The van der Waals surface area contributed by atoms with E-state index in [0.717, 1.165) is 0 Å². The molecule has 1 rings (SSSR count). The summed E-state index contributed by atoms with van der Waals surface area (Å²) in [5.41, 5.74) is 0.343. The fourth-order valence-corrected chi connectivity index (χ4v) is 1.56. The molecule has 0 bridgehead atoms. The van der Waals surface area contributed by atoms with Crippen molar-refractivity contribution in [2.24, 2.45) is 0 Å². The Kier molecular flexibility index (Phi) is 4.06. The van der Waals surface area contributed by atoms with Crippen LogP contribution in [0.1, 0.15) is 20.8 Å². The molecule has 3 nitrogen and oxygen atoms in total. The average Bonchev–Trinajstić information content (AvgIpc) is 2.24. The molecular weight excluding hydrogens is 216 g/mol. The van der Waals surface area contributed by atoms with E-state index in [9.17, 15) is 9.90 Å². The number of carbonyl (C=O) groups excluding carboxylic acids is 1. The molecule has 0 saturated carbocycles. The number of hydrogen-bond donors (Lipinski definition) is 2. The van der Waals surface area contributed by atoms with Crippen LogP contribution >= 0.6 is 0 Å². The normalized spacial score (nSPS) is 19.1. The second kappa shape index (κ2) is 5.13. The van der Waals surface area contributed by atoms with Gasteiger partial charge in [0.25, 0.3) is 0 Å². The molecule has 0 aliphatic heterocycles. The number of aliphatic hydroxyl groups is 2. The molecule has 0 saturated heterocycles. The van der Waals surface area contributed by atoms with Crippen LogP contribution in [0.3, 0.4) is 0 Å². The van der Waals surface area contributed by atoms with Crippen molar-refractivity contribution in [1.29, 1.82) is 0 Å². The highest BCUT2D eigenvalue weighted by Gasteiger charge is 2.32. The van der Waals surface area contributed by atoms with Crippen LogP contribution in [-0.2, 0) is 4.79 Å². The molecular formula is C14H16O3. The van der Waals surface area contributed by atoms with Crippen molar-refractivity contribution in [1.82, 2.24) is 0 Å². The largest absolute Gasteiger partial charge is 0.392 e. The van der Waals surface area contributed by atoms with Gasteiger partial charge in [-0.3, -0.25) is 4.79 Å². The van der Waals surface area contributed by atoms with Crippen LogP contribution in [0.5, 0.6) is 0 Å². The van der Waals surface area contributed by atoms with Crippen LogP contribution in [0.15, 0.2) is 34.9 Å². The first-order valence-electron chi connectivity index (χ1n) is 5.35. The number of hydrogen-bond acceptors (Lipinski definition) is 3. The summed E-state index contributed by atoms with van der Waals surface area (Å²) < 4.78 is 0. The summed E-state index contributed by atoms with van der Waals surface area (Å²) in [6.07, 6.45) is 4.32. The summed E-state index contributed by atoms with van der Waals surface area (Å²) in [5, 5.41) is 19.1. The minimum Gasteiger partial charge on any atom is -0.392 e. The Labute approximate surface area is 101 Å². The molecule has 2 N–H and O–H groups in total. The van der Waals surface area contributed by atoms with Gasteiger partial charge in [0.15, 0.2) is 11.4 Å². The van der Waals surface area contributed by atoms with Gasteiger partial charge in [0.2, 0.25) is 0 Å². The highest BCUT2D eigenvalue weighted by atomic mass is 16.3. The summed E-state index contributed by atoms with van der Waals surface area (Å²) in [6.45, 7) is 5.02. The maximum absolute atomic E-state index is 11.3. The van der Waals surface area contributed by atoms with Gasteiger partial charge in [-0.15, -0.1) is 0 Å². The molecule has 0 radical (unpaired) electrons. The summed E-state index contributed by atoms with van der Waals surface area (Å²) in [7, 11) is 0. The average molecular weight is 232 g/mol. The van der Waals surface area contributed by atoms with E-state index >= 15 is 0 Å². The summed E-state index contributed by atoms with van der Waals surface area (Å²) in [6, 6.07) is 0. The van der Waals surface area contributed by atoms with Gasteiger partial charge in [0.05, 0.1) is 6.61 Å². The van der Waals surface area contributed by atoms with E-state index in [1.807, 2.05) is 0 Å². The van der Waals surface area contributed by atoms with Crippen LogP contribution in [-0.4, -0.2) is 28.2 Å². The Balaban J connectivity index is 3.11. The van der Waals surface area contributed by atoms with Gasteiger partial charge in [-0.05, 0) is 55.7 Å². The van der Waals surface area contributed by atoms with Gasteiger partial charge < -0.3 is 10.2 Å². The molecule has 0 unspecified atom stereocenters. The molecule has 90 valence electrons. The van der Waals surface area contributed by atoms with Gasteiger partial charge in [-0.1, -0.05) is 11.8 Å². The highest BCUT2D eigenvalue weighted by Crippen LogP contribution is 2.28. The zero-order valence-corrected chi connectivity index (χ0v) is 10.2. The minimum atomic E-state index is -1.38. The van der Waals surface area contributed by atoms with Crippen molar-refractivity contribution >= 4 is 5.78 Å². The standard InChI is InChI=1S/C14H16O3/c1-10(5-7-15)4-6-14(17)11(2)8-13(16)9-12(14)3/h5,8-9,15,17H,7H2,1-3H3/b10-5-. The van der Waals surface area contributed by atoms with E-state index in [1.54, 1.807) is 26.8 Å². The summed E-state index contributed by atoms with van der Waals surface area (Å²) in [4.78, 5) is 11.3. The molecule has 0 aromatic heterocycles. The highest BCUT2D eigenvalue weighted by molar-refractivity contribution is 6.02. The zero-order chi connectivity index (χ0) is 13.1. The predicted molar refractivity (Wildman–Crippen MR) is 66.1 cm³/mol. The lowest BCUT2D eigenvalue weighted by Gasteiger charge is -2.26. The topological polar surface area (TPSA) is 57.5 Å². The monoisotopic (exact) mass is 232 g/mol. The van der Waals surface area contributed by atoms with Crippen molar-refractivity contribution in [3.8, 4) is 11.8 Å². The molecule has 0 aromatic carbocycles. The Morgan fingerprint density at radius 2 is 1.94 bits per heavy atom. The third kappa shape index (κ3) is 2.94. The fraction of sp³-hybridized carbons (Fsp3) is 0.357. The van der Waals surface area contributed by atoms with Crippen LogP contribution in [0, 0.1) is 11.8 Å². The van der Waals surface area contributed by atoms with E-state index in [4.69, 9.17) is 5.11 Å². The van der Waals surface area contributed by atoms with Gasteiger partial charge in [-0.25, -0.2) is 0 Å². The number of carbonyl (C=O) groups is 1. The maximum atomic E-state index is 11.3. The Morgan fingerprint density at radius 1 is 1.41 bits per heavy atom. The van der Waals surface area contributed by atoms with Crippen molar-refractivity contribution in [3.05, 3.63) is 34.9 Å². The van der Waals surface area contributed by atoms with Gasteiger partial charge in [0.1, 0.15) is 0 Å². The first-order chi connectivity index (χ1) is 7.90. The third-order valence-corrected chi connectivity index (χ3v) is 2.70. The molecule has 3 heteroatoms. The van der Waals surface area contributed by atoms with E-state index < -0.39 is 5.60 Å². The van der Waals surface area contributed by atoms with Gasteiger partial charge in [0, 0.05) is 0 Å². The summed E-state index contributed by atoms with van der Waals surface area (Å²) in [5.74, 6) is 5.39. The molecule has 0 aromatic rings.